The average Bonchev–Trinajstić information content (AvgIpc) is 3.27. The number of anilines is 1. The molecule has 0 unspecified atom stereocenters. The first-order valence-electron chi connectivity index (χ1n) is 7.96. The normalized spacial score (nSPS) is 20.8. The number of nitrogens with one attached hydrogen (secondary N) is 2. The number of thioether (sulfide) groups is 1. The second-order valence-electron chi connectivity index (χ2n) is 6.05. The van der Waals surface area contributed by atoms with Gasteiger partial charge in [0.05, 0.1) is 17.0 Å². The SMILES string of the molecule is O=C(C[C@@H]1Sc2ccccc2NC1=O)N[C@@H](c1nccs1)C1CC1. The van der Waals surface area contributed by atoms with Crippen LogP contribution in [0.2, 0.25) is 0 Å². The van der Waals surface area contributed by atoms with Crippen LogP contribution in [-0.2, 0) is 9.59 Å². The second kappa shape index (κ2) is 6.57. The van der Waals surface area contributed by atoms with Gasteiger partial charge in [-0.15, -0.1) is 23.1 Å². The molecule has 24 heavy (non-hydrogen) atoms. The summed E-state index contributed by atoms with van der Waals surface area (Å²) in [6.07, 6.45) is 4.19. The summed E-state index contributed by atoms with van der Waals surface area (Å²) in [7, 11) is 0. The Bertz CT molecular complexity index is 759. The number of thiazole rings is 1. The van der Waals surface area contributed by atoms with E-state index in [2.05, 4.69) is 15.6 Å². The molecule has 0 radical (unpaired) electrons. The Morgan fingerprint density at radius 1 is 1.38 bits per heavy atom. The monoisotopic (exact) mass is 359 g/mol. The van der Waals surface area contributed by atoms with Gasteiger partial charge in [0.15, 0.2) is 0 Å². The highest BCUT2D eigenvalue weighted by molar-refractivity contribution is 8.01. The minimum Gasteiger partial charge on any atom is -0.347 e. The molecular weight excluding hydrogens is 342 g/mol. The molecule has 124 valence electrons. The van der Waals surface area contributed by atoms with E-state index in [1.54, 1.807) is 17.5 Å². The van der Waals surface area contributed by atoms with Gasteiger partial charge in [0.1, 0.15) is 5.01 Å². The number of rotatable bonds is 5. The Morgan fingerprint density at radius 2 is 2.21 bits per heavy atom. The standard InChI is InChI=1S/C17H17N3O2S2/c21-14(20-15(10-5-6-10)17-18-7-8-23-17)9-13-16(22)19-11-3-1-2-4-12(11)24-13/h1-4,7-8,10,13,15H,5-6,9H2,(H,19,22)(H,20,21)/t13-,15+/m0/s1. The van der Waals surface area contributed by atoms with Crippen LogP contribution in [0.25, 0.3) is 0 Å². The molecule has 5 nitrogen and oxygen atoms in total. The zero-order valence-corrected chi connectivity index (χ0v) is 14.5. The molecule has 0 saturated heterocycles. The molecule has 4 rings (SSSR count). The molecule has 1 aromatic carbocycles. The summed E-state index contributed by atoms with van der Waals surface area (Å²) < 4.78 is 0. The van der Waals surface area contributed by atoms with Crippen LogP contribution in [0.5, 0.6) is 0 Å². The topological polar surface area (TPSA) is 71.1 Å². The molecule has 0 spiro atoms. The smallest absolute Gasteiger partial charge is 0.238 e. The number of hydrogen-bond donors (Lipinski definition) is 2. The first-order valence-corrected chi connectivity index (χ1v) is 9.72. The Kier molecular flexibility index (Phi) is 4.28. The van der Waals surface area contributed by atoms with E-state index in [0.717, 1.165) is 28.4 Å². The van der Waals surface area contributed by atoms with Gasteiger partial charge in [-0.1, -0.05) is 12.1 Å². The van der Waals surface area contributed by atoms with Gasteiger partial charge in [0.25, 0.3) is 0 Å². The van der Waals surface area contributed by atoms with Crippen molar-refractivity contribution in [1.29, 1.82) is 0 Å². The number of nitrogens with zero attached hydrogens (tertiary/aromatic N) is 1. The van der Waals surface area contributed by atoms with Gasteiger partial charge in [-0.25, -0.2) is 4.98 Å². The summed E-state index contributed by atoms with van der Waals surface area (Å²) in [5, 5.41) is 8.46. The van der Waals surface area contributed by atoms with Crippen molar-refractivity contribution in [1.82, 2.24) is 10.3 Å². The summed E-state index contributed by atoms with van der Waals surface area (Å²) in [6, 6.07) is 7.66. The number of carbonyl (C=O) groups is 2. The van der Waals surface area contributed by atoms with Crippen molar-refractivity contribution >= 4 is 40.6 Å². The minimum atomic E-state index is -0.393. The first kappa shape index (κ1) is 15.7. The largest absolute Gasteiger partial charge is 0.347 e. The lowest BCUT2D eigenvalue weighted by Gasteiger charge is -2.24. The lowest BCUT2D eigenvalue weighted by atomic mass is 10.1. The summed E-state index contributed by atoms with van der Waals surface area (Å²) in [6.45, 7) is 0. The maximum atomic E-state index is 12.5. The van der Waals surface area contributed by atoms with E-state index in [4.69, 9.17) is 0 Å². The summed E-state index contributed by atoms with van der Waals surface area (Å²) in [5.41, 5.74) is 0.822. The van der Waals surface area contributed by atoms with Crippen LogP contribution in [0.1, 0.15) is 30.3 Å². The number of amides is 2. The average molecular weight is 359 g/mol. The zero-order valence-electron chi connectivity index (χ0n) is 12.9. The fraction of sp³-hybridized carbons (Fsp3) is 0.353. The lowest BCUT2D eigenvalue weighted by molar-refractivity contribution is -0.124. The number of carbonyl (C=O) groups excluding carboxylic acids is 2. The van der Waals surface area contributed by atoms with Crippen LogP contribution in [0, 0.1) is 5.92 Å². The van der Waals surface area contributed by atoms with Crippen LogP contribution < -0.4 is 10.6 Å². The van der Waals surface area contributed by atoms with Crippen LogP contribution in [0.4, 0.5) is 5.69 Å². The third-order valence-electron chi connectivity index (χ3n) is 4.20. The molecule has 2 N–H and O–H groups in total. The van der Waals surface area contributed by atoms with E-state index < -0.39 is 5.25 Å². The highest BCUT2D eigenvalue weighted by atomic mass is 32.2. The van der Waals surface area contributed by atoms with Crippen LogP contribution in [-0.4, -0.2) is 22.0 Å². The Morgan fingerprint density at radius 3 is 2.96 bits per heavy atom. The third-order valence-corrected chi connectivity index (χ3v) is 6.34. The van der Waals surface area contributed by atoms with Crippen LogP contribution >= 0.6 is 23.1 Å². The summed E-state index contributed by atoms with van der Waals surface area (Å²) in [4.78, 5) is 30.1. The van der Waals surface area contributed by atoms with Crippen molar-refractivity contribution in [3.05, 3.63) is 40.8 Å². The lowest BCUT2D eigenvalue weighted by Crippen LogP contribution is -2.36. The predicted molar refractivity (Wildman–Crippen MR) is 95.1 cm³/mol. The van der Waals surface area contributed by atoms with E-state index in [1.165, 1.54) is 11.8 Å². The molecule has 2 aromatic rings. The quantitative estimate of drug-likeness (QED) is 0.860. The Hall–Kier alpha value is -1.86. The molecule has 7 heteroatoms. The van der Waals surface area contributed by atoms with Gasteiger partial charge >= 0.3 is 0 Å². The van der Waals surface area contributed by atoms with Gasteiger partial charge in [-0.05, 0) is 30.9 Å². The van der Waals surface area contributed by atoms with Crippen molar-refractivity contribution in [2.45, 2.75) is 35.4 Å². The molecule has 1 fully saturated rings. The fourth-order valence-corrected chi connectivity index (χ4v) is 4.72. The molecule has 2 heterocycles. The second-order valence-corrected chi connectivity index (χ2v) is 8.22. The molecule has 1 aliphatic heterocycles. The molecule has 2 amide bonds. The Balaban J connectivity index is 1.42. The number of aromatic nitrogens is 1. The van der Waals surface area contributed by atoms with Crippen LogP contribution in [0.15, 0.2) is 40.7 Å². The molecule has 2 atom stereocenters. The maximum absolute atomic E-state index is 12.5. The summed E-state index contributed by atoms with van der Waals surface area (Å²) in [5.74, 6) is 0.286. The number of benzene rings is 1. The number of hydrogen-bond acceptors (Lipinski definition) is 5. The van der Waals surface area contributed by atoms with Crippen molar-refractivity contribution in [3.63, 3.8) is 0 Å². The molecule has 0 bridgehead atoms. The molecular formula is C17H17N3O2S2. The highest BCUT2D eigenvalue weighted by Gasteiger charge is 2.36. The maximum Gasteiger partial charge on any atom is 0.238 e. The van der Waals surface area contributed by atoms with Gasteiger partial charge in [0.2, 0.25) is 11.8 Å². The van der Waals surface area contributed by atoms with Crippen molar-refractivity contribution in [2.75, 3.05) is 5.32 Å². The van der Waals surface area contributed by atoms with E-state index >= 15 is 0 Å². The van der Waals surface area contributed by atoms with E-state index in [0.29, 0.717) is 5.92 Å². The molecule has 1 saturated carbocycles. The minimum absolute atomic E-state index is 0.0126. The first-order chi connectivity index (χ1) is 11.7. The Labute approximate surface area is 148 Å². The summed E-state index contributed by atoms with van der Waals surface area (Å²) >= 11 is 3.02. The van der Waals surface area contributed by atoms with E-state index in [9.17, 15) is 9.59 Å². The van der Waals surface area contributed by atoms with Crippen LogP contribution in [0.3, 0.4) is 0 Å². The predicted octanol–water partition coefficient (Wildman–Crippen LogP) is 3.21. The fourth-order valence-electron chi connectivity index (χ4n) is 2.83. The zero-order chi connectivity index (χ0) is 16.5. The van der Waals surface area contributed by atoms with Crippen molar-refractivity contribution < 1.29 is 9.59 Å². The van der Waals surface area contributed by atoms with E-state index in [1.807, 2.05) is 29.6 Å². The van der Waals surface area contributed by atoms with Gasteiger partial charge in [-0.2, -0.15) is 0 Å². The molecule has 1 aliphatic carbocycles. The molecule has 2 aliphatic rings. The van der Waals surface area contributed by atoms with E-state index in [-0.39, 0.29) is 24.3 Å². The van der Waals surface area contributed by atoms with Gasteiger partial charge in [0, 0.05) is 22.9 Å². The number of para-hydroxylation sites is 1. The van der Waals surface area contributed by atoms with Gasteiger partial charge < -0.3 is 10.6 Å². The van der Waals surface area contributed by atoms with Crippen molar-refractivity contribution in [3.8, 4) is 0 Å². The number of fused-ring (bicyclic) bond motifs is 1. The van der Waals surface area contributed by atoms with Gasteiger partial charge in [-0.3, -0.25) is 9.59 Å². The van der Waals surface area contributed by atoms with Crippen molar-refractivity contribution in [2.24, 2.45) is 5.92 Å². The molecule has 1 aromatic heterocycles. The highest BCUT2D eigenvalue weighted by Crippen LogP contribution is 2.42. The third kappa shape index (κ3) is 3.32.